The van der Waals surface area contributed by atoms with Crippen LogP contribution in [0.25, 0.3) is 22.4 Å². The summed E-state index contributed by atoms with van der Waals surface area (Å²) in [6, 6.07) is 53.1. The molecule has 50 heavy (non-hydrogen) atoms. The second kappa shape index (κ2) is 13.2. The number of hydrogen-bond acceptors (Lipinski definition) is 4. The van der Waals surface area contributed by atoms with Crippen molar-refractivity contribution < 1.29 is 4.74 Å². The van der Waals surface area contributed by atoms with E-state index in [0.29, 0.717) is 12.4 Å². The van der Waals surface area contributed by atoms with Gasteiger partial charge in [0.2, 0.25) is 0 Å². The van der Waals surface area contributed by atoms with E-state index in [1.807, 2.05) is 24.3 Å². The van der Waals surface area contributed by atoms with Crippen LogP contribution in [0.3, 0.4) is 0 Å². The summed E-state index contributed by atoms with van der Waals surface area (Å²) in [6.45, 7) is 2.49. The van der Waals surface area contributed by atoms with Crippen LogP contribution in [0.2, 0.25) is 0 Å². The van der Waals surface area contributed by atoms with E-state index in [0.717, 1.165) is 50.5 Å². The third-order valence-corrected chi connectivity index (χ3v) is 10.0. The Morgan fingerprint density at radius 1 is 0.640 bits per heavy atom. The summed E-state index contributed by atoms with van der Waals surface area (Å²) >= 11 is 0. The molecule has 2 aliphatic rings. The first-order chi connectivity index (χ1) is 24.6. The Labute approximate surface area is 294 Å². The molecule has 0 fully saturated rings. The van der Waals surface area contributed by atoms with Crippen LogP contribution in [0.4, 0.5) is 0 Å². The summed E-state index contributed by atoms with van der Waals surface area (Å²) in [7, 11) is 0. The van der Waals surface area contributed by atoms with E-state index in [-0.39, 0.29) is 6.04 Å². The van der Waals surface area contributed by atoms with Gasteiger partial charge in [-0.25, -0.2) is 0 Å². The fourth-order valence-electron chi connectivity index (χ4n) is 7.74. The van der Waals surface area contributed by atoms with Gasteiger partial charge in [0.05, 0.1) is 11.5 Å². The summed E-state index contributed by atoms with van der Waals surface area (Å²) in [5, 5.41) is 3.44. The molecular weight excluding hydrogens is 611 g/mol. The number of allylic oxidation sites excluding steroid dienone is 4. The van der Waals surface area contributed by atoms with Gasteiger partial charge >= 0.3 is 0 Å². The average molecular weight is 650 g/mol. The minimum absolute atomic E-state index is 0.0574. The standard InChI is InChI=1S/C46H39N3O/c1-31(37(32-14-4-2-5-15-32)29-43(49-30-47)33-16-6-3-7-17-33)24-26-42(48)34-25-27-45-41(28-34)46(40-22-12-13-23-44(40)50-45)38-20-10-8-18-35(38)36-19-9-11-21-39(36)46/h2-29,43,49H,30,47-48H2,1H3/b31-24+,37-29-,42-26-. The number of para-hydroxylation sites is 1. The van der Waals surface area contributed by atoms with Crippen molar-refractivity contribution in [3.8, 4) is 22.6 Å². The summed E-state index contributed by atoms with van der Waals surface area (Å²) in [5.41, 5.74) is 25.7. The van der Waals surface area contributed by atoms with Crippen LogP contribution in [0, 0.1) is 0 Å². The zero-order valence-corrected chi connectivity index (χ0v) is 28.0. The fraction of sp³-hybridized carbons (Fsp3) is 0.0870. The van der Waals surface area contributed by atoms with E-state index in [1.54, 1.807) is 0 Å². The molecule has 5 N–H and O–H groups in total. The Bertz CT molecular complexity index is 2240. The molecule has 1 atom stereocenters. The number of hydrogen-bond donors (Lipinski definition) is 3. The number of rotatable bonds is 8. The fourth-order valence-corrected chi connectivity index (χ4v) is 7.74. The Hall–Kier alpha value is -5.94. The monoisotopic (exact) mass is 649 g/mol. The van der Waals surface area contributed by atoms with Crippen LogP contribution in [0.5, 0.6) is 11.5 Å². The van der Waals surface area contributed by atoms with Gasteiger partial charge in [0, 0.05) is 23.5 Å². The molecule has 4 heteroatoms. The first-order valence-corrected chi connectivity index (χ1v) is 17.1. The summed E-state index contributed by atoms with van der Waals surface area (Å²) in [5.74, 6) is 1.71. The van der Waals surface area contributed by atoms with E-state index in [2.05, 4.69) is 158 Å². The Kier molecular flexibility index (Phi) is 8.25. The van der Waals surface area contributed by atoms with Gasteiger partial charge in [-0.2, -0.15) is 0 Å². The lowest BCUT2D eigenvalue weighted by atomic mass is 9.66. The lowest BCUT2D eigenvalue weighted by Crippen LogP contribution is -2.32. The van der Waals surface area contributed by atoms with Gasteiger partial charge in [0.1, 0.15) is 11.5 Å². The minimum Gasteiger partial charge on any atom is -0.457 e. The van der Waals surface area contributed by atoms with Crippen molar-refractivity contribution in [2.45, 2.75) is 18.4 Å². The van der Waals surface area contributed by atoms with Crippen molar-refractivity contribution >= 4 is 11.3 Å². The Morgan fingerprint density at radius 3 is 1.90 bits per heavy atom. The molecule has 1 aliphatic carbocycles. The molecule has 0 radical (unpaired) electrons. The lowest BCUT2D eigenvalue weighted by molar-refractivity contribution is 0.436. The summed E-state index contributed by atoms with van der Waals surface area (Å²) in [6.07, 6.45) is 6.38. The van der Waals surface area contributed by atoms with Crippen LogP contribution in [0.1, 0.15) is 51.9 Å². The van der Waals surface area contributed by atoms with E-state index in [4.69, 9.17) is 16.2 Å². The second-order valence-corrected chi connectivity index (χ2v) is 12.9. The molecule has 244 valence electrons. The highest BCUT2D eigenvalue weighted by Crippen LogP contribution is 2.62. The number of nitrogens with one attached hydrogen (secondary N) is 1. The zero-order chi connectivity index (χ0) is 34.1. The Morgan fingerprint density at radius 2 is 1.22 bits per heavy atom. The van der Waals surface area contributed by atoms with Gasteiger partial charge in [0.15, 0.2) is 0 Å². The van der Waals surface area contributed by atoms with Crippen LogP contribution in [-0.2, 0) is 5.41 Å². The van der Waals surface area contributed by atoms with Crippen molar-refractivity contribution in [3.05, 3.63) is 214 Å². The highest BCUT2D eigenvalue weighted by molar-refractivity contribution is 5.89. The van der Waals surface area contributed by atoms with E-state index < -0.39 is 5.41 Å². The molecule has 0 bridgehead atoms. The maximum absolute atomic E-state index is 6.95. The van der Waals surface area contributed by atoms with Crippen molar-refractivity contribution in [2.24, 2.45) is 11.5 Å². The first kappa shape index (κ1) is 31.3. The Balaban J connectivity index is 1.24. The molecule has 6 aromatic carbocycles. The highest BCUT2D eigenvalue weighted by Gasteiger charge is 2.50. The molecule has 0 saturated heterocycles. The molecule has 4 nitrogen and oxygen atoms in total. The van der Waals surface area contributed by atoms with Gasteiger partial charge < -0.3 is 16.2 Å². The van der Waals surface area contributed by atoms with Crippen molar-refractivity contribution in [1.82, 2.24) is 5.32 Å². The minimum atomic E-state index is -0.537. The van der Waals surface area contributed by atoms with Crippen LogP contribution in [0.15, 0.2) is 175 Å². The van der Waals surface area contributed by atoms with Crippen molar-refractivity contribution in [3.63, 3.8) is 0 Å². The normalized spacial score (nSPS) is 15.0. The summed E-state index contributed by atoms with van der Waals surface area (Å²) < 4.78 is 6.61. The average Bonchev–Trinajstić information content (AvgIpc) is 3.47. The number of fused-ring (bicyclic) bond motifs is 9. The highest BCUT2D eigenvalue weighted by atomic mass is 16.5. The molecule has 1 spiro atoms. The van der Waals surface area contributed by atoms with E-state index in [1.165, 1.54) is 22.3 Å². The number of nitrogens with two attached hydrogens (primary N) is 2. The maximum Gasteiger partial charge on any atom is 0.132 e. The predicted molar refractivity (Wildman–Crippen MR) is 206 cm³/mol. The smallest absolute Gasteiger partial charge is 0.132 e. The summed E-state index contributed by atoms with van der Waals surface area (Å²) in [4.78, 5) is 0. The SMILES string of the molecule is CC(=C\C=C(/N)c1ccc2c(c1)C1(c3ccccc3O2)c2ccccc2-c2ccccc21)/C(=C/C(NCN)c1ccccc1)c1ccccc1. The van der Waals surface area contributed by atoms with E-state index in [9.17, 15) is 0 Å². The van der Waals surface area contributed by atoms with Crippen LogP contribution < -0.4 is 21.5 Å². The quantitative estimate of drug-likeness (QED) is 0.113. The maximum atomic E-state index is 6.95. The molecule has 8 rings (SSSR count). The van der Waals surface area contributed by atoms with Gasteiger partial charge in [-0.1, -0.05) is 140 Å². The third-order valence-electron chi connectivity index (χ3n) is 10.0. The third kappa shape index (κ3) is 5.26. The van der Waals surface area contributed by atoms with Crippen molar-refractivity contribution in [2.75, 3.05) is 6.67 Å². The van der Waals surface area contributed by atoms with Gasteiger partial charge in [-0.3, -0.25) is 5.32 Å². The lowest BCUT2D eigenvalue weighted by Gasteiger charge is -2.39. The molecule has 1 unspecified atom stereocenters. The van der Waals surface area contributed by atoms with Crippen LogP contribution in [-0.4, -0.2) is 6.67 Å². The molecule has 6 aromatic rings. The van der Waals surface area contributed by atoms with Crippen molar-refractivity contribution in [1.29, 1.82) is 0 Å². The second-order valence-electron chi connectivity index (χ2n) is 12.9. The zero-order valence-electron chi connectivity index (χ0n) is 28.0. The van der Waals surface area contributed by atoms with Crippen LogP contribution >= 0.6 is 0 Å². The van der Waals surface area contributed by atoms with Gasteiger partial charge in [-0.05, 0) is 87.4 Å². The molecule has 1 aliphatic heterocycles. The first-order valence-electron chi connectivity index (χ1n) is 17.1. The van der Waals surface area contributed by atoms with Gasteiger partial charge in [-0.15, -0.1) is 0 Å². The molecule has 0 aromatic heterocycles. The predicted octanol–water partition coefficient (Wildman–Crippen LogP) is 9.73. The number of benzene rings is 6. The molecular formula is C46H39N3O. The topological polar surface area (TPSA) is 73.3 Å². The van der Waals surface area contributed by atoms with E-state index >= 15 is 0 Å². The number of ether oxygens (including phenoxy) is 1. The largest absolute Gasteiger partial charge is 0.457 e. The van der Waals surface area contributed by atoms with Gasteiger partial charge in [0.25, 0.3) is 0 Å². The molecule has 0 saturated carbocycles. The molecule has 0 amide bonds. The molecule has 1 heterocycles.